The molecule has 0 bridgehead atoms. The van der Waals surface area contributed by atoms with E-state index in [4.69, 9.17) is 9.52 Å². The molecular weight excluding hydrogens is 468 g/mol. The van der Waals surface area contributed by atoms with E-state index < -0.39 is 17.1 Å². The normalized spacial score (nSPS) is 16.6. The molecule has 2 aliphatic rings. The second kappa shape index (κ2) is 9.27. The Morgan fingerprint density at radius 3 is 2.49 bits per heavy atom. The van der Waals surface area contributed by atoms with Crippen molar-refractivity contribution in [3.05, 3.63) is 88.0 Å². The molecule has 2 aliphatic heterocycles. The first-order valence-electron chi connectivity index (χ1n) is 10.9. The van der Waals surface area contributed by atoms with Crippen molar-refractivity contribution in [2.45, 2.75) is 13.0 Å². The van der Waals surface area contributed by atoms with E-state index in [1.807, 2.05) is 24.3 Å². The van der Waals surface area contributed by atoms with Crippen LogP contribution in [0.5, 0.6) is 0 Å². The summed E-state index contributed by atoms with van der Waals surface area (Å²) in [5.41, 5.74) is 3.13. The Kier molecular flexibility index (Phi) is 6.00. The Labute approximate surface area is 204 Å². The molecule has 3 aromatic rings. The SMILES string of the molecule is O=C(O)c1ccc(-c2ccc(C=C3SC(=O)N(CC(=O)N4CCc5ccccc5C4)C3=O)o2)cc1. The van der Waals surface area contributed by atoms with Crippen LogP contribution in [0.15, 0.2) is 70.0 Å². The van der Waals surface area contributed by atoms with Crippen molar-refractivity contribution in [3.63, 3.8) is 0 Å². The number of carbonyl (C=O) groups is 4. The quantitative estimate of drug-likeness (QED) is 0.535. The van der Waals surface area contributed by atoms with E-state index in [0.717, 1.165) is 28.6 Å². The number of benzene rings is 2. The lowest BCUT2D eigenvalue weighted by molar-refractivity contribution is -0.136. The van der Waals surface area contributed by atoms with Gasteiger partial charge in [0, 0.05) is 24.7 Å². The summed E-state index contributed by atoms with van der Waals surface area (Å²) in [5.74, 6) is -0.960. The standard InChI is InChI=1S/C26H20N2O6S/c29-23(27-12-11-16-3-1-2-4-19(16)14-27)15-28-24(30)22(35-26(28)33)13-20-9-10-21(34-20)17-5-7-18(8-6-17)25(31)32/h1-10,13H,11-12,14-15H2,(H,31,32). The lowest BCUT2D eigenvalue weighted by Gasteiger charge is -2.29. The van der Waals surface area contributed by atoms with Gasteiger partial charge in [-0.2, -0.15) is 0 Å². The minimum absolute atomic E-state index is 0.164. The van der Waals surface area contributed by atoms with Crippen molar-refractivity contribution in [1.82, 2.24) is 9.80 Å². The summed E-state index contributed by atoms with van der Waals surface area (Å²) in [7, 11) is 0. The third kappa shape index (κ3) is 4.63. The van der Waals surface area contributed by atoms with Crippen molar-refractivity contribution in [3.8, 4) is 11.3 Å². The molecule has 2 aromatic carbocycles. The molecule has 5 rings (SSSR count). The van der Waals surface area contributed by atoms with Gasteiger partial charge in [-0.25, -0.2) is 4.79 Å². The van der Waals surface area contributed by atoms with Gasteiger partial charge < -0.3 is 14.4 Å². The first kappa shape index (κ1) is 22.7. The Morgan fingerprint density at radius 1 is 1.00 bits per heavy atom. The van der Waals surface area contributed by atoms with Crippen molar-refractivity contribution >= 4 is 40.9 Å². The molecule has 1 N–H and O–H groups in total. The van der Waals surface area contributed by atoms with Crippen molar-refractivity contribution in [2.24, 2.45) is 0 Å². The van der Waals surface area contributed by atoms with Gasteiger partial charge in [-0.1, -0.05) is 36.4 Å². The number of carbonyl (C=O) groups excluding carboxylic acids is 3. The van der Waals surface area contributed by atoms with E-state index in [9.17, 15) is 19.2 Å². The number of carboxylic acids is 1. The molecule has 0 spiro atoms. The van der Waals surface area contributed by atoms with E-state index in [0.29, 0.717) is 30.2 Å². The van der Waals surface area contributed by atoms with E-state index in [1.165, 1.54) is 23.8 Å². The number of rotatable bonds is 5. The van der Waals surface area contributed by atoms with Gasteiger partial charge in [-0.15, -0.1) is 0 Å². The summed E-state index contributed by atoms with van der Waals surface area (Å²) in [5, 5.41) is 8.53. The summed E-state index contributed by atoms with van der Waals surface area (Å²) in [6.07, 6.45) is 2.21. The second-order valence-corrected chi connectivity index (χ2v) is 9.18. The summed E-state index contributed by atoms with van der Waals surface area (Å²) in [6.45, 7) is 0.706. The monoisotopic (exact) mass is 488 g/mol. The average molecular weight is 489 g/mol. The fourth-order valence-electron chi connectivity index (χ4n) is 4.07. The van der Waals surface area contributed by atoms with Crippen LogP contribution in [-0.4, -0.2) is 51.0 Å². The van der Waals surface area contributed by atoms with Gasteiger partial charge in [0.2, 0.25) is 5.91 Å². The van der Waals surface area contributed by atoms with Crippen LogP contribution in [0.2, 0.25) is 0 Å². The van der Waals surface area contributed by atoms with Gasteiger partial charge in [0.25, 0.3) is 11.1 Å². The third-order valence-corrected chi connectivity index (χ3v) is 6.87. The summed E-state index contributed by atoms with van der Waals surface area (Å²) >= 11 is 0.767. The largest absolute Gasteiger partial charge is 0.478 e. The van der Waals surface area contributed by atoms with Crippen LogP contribution in [0.4, 0.5) is 4.79 Å². The molecule has 176 valence electrons. The number of furan rings is 1. The van der Waals surface area contributed by atoms with Crippen molar-refractivity contribution in [2.75, 3.05) is 13.1 Å². The van der Waals surface area contributed by atoms with Crippen LogP contribution in [0.3, 0.4) is 0 Å². The lowest BCUT2D eigenvalue weighted by atomic mass is 10.00. The molecule has 0 aliphatic carbocycles. The van der Waals surface area contributed by atoms with Crippen LogP contribution in [0.1, 0.15) is 27.2 Å². The first-order chi connectivity index (χ1) is 16.9. The maximum absolute atomic E-state index is 12.9. The topological polar surface area (TPSA) is 108 Å². The zero-order valence-electron chi connectivity index (χ0n) is 18.5. The molecule has 0 saturated carbocycles. The van der Waals surface area contributed by atoms with Gasteiger partial charge in [-0.3, -0.25) is 19.3 Å². The number of nitrogens with zero attached hydrogens (tertiary/aromatic N) is 2. The fraction of sp³-hybridized carbons (Fsp3) is 0.154. The Morgan fingerprint density at radius 2 is 1.74 bits per heavy atom. The number of hydrogen-bond donors (Lipinski definition) is 1. The number of aromatic carboxylic acids is 1. The zero-order chi connectivity index (χ0) is 24.5. The molecule has 3 amide bonds. The van der Waals surface area contributed by atoms with Crippen molar-refractivity contribution < 1.29 is 28.7 Å². The number of carboxylic acid groups (broad SMARTS) is 1. The Bertz CT molecular complexity index is 1370. The Hall–Kier alpha value is -4.11. The van der Waals surface area contributed by atoms with Crippen LogP contribution >= 0.6 is 11.8 Å². The van der Waals surface area contributed by atoms with Gasteiger partial charge >= 0.3 is 5.97 Å². The highest BCUT2D eigenvalue weighted by Gasteiger charge is 2.37. The maximum atomic E-state index is 12.9. The van der Waals surface area contributed by atoms with Crippen LogP contribution < -0.4 is 0 Å². The van der Waals surface area contributed by atoms with Crippen LogP contribution in [0, 0.1) is 0 Å². The maximum Gasteiger partial charge on any atom is 0.335 e. The third-order valence-electron chi connectivity index (χ3n) is 5.97. The summed E-state index contributed by atoms with van der Waals surface area (Å²) < 4.78 is 5.77. The minimum atomic E-state index is -1.02. The molecule has 0 radical (unpaired) electrons. The second-order valence-electron chi connectivity index (χ2n) is 8.19. The molecule has 3 heterocycles. The van der Waals surface area contributed by atoms with Crippen LogP contribution in [-0.2, 0) is 22.6 Å². The average Bonchev–Trinajstić information content (AvgIpc) is 3.44. The van der Waals surface area contributed by atoms with Crippen LogP contribution in [0.25, 0.3) is 17.4 Å². The lowest BCUT2D eigenvalue weighted by Crippen LogP contribution is -2.44. The number of thioether (sulfide) groups is 1. The van der Waals surface area contributed by atoms with Gasteiger partial charge in [0.1, 0.15) is 18.1 Å². The summed E-state index contributed by atoms with van der Waals surface area (Å²) in [4.78, 5) is 52.0. The van der Waals surface area contributed by atoms with E-state index in [-0.39, 0.29) is 22.9 Å². The molecule has 1 fully saturated rings. The summed E-state index contributed by atoms with van der Waals surface area (Å²) in [6, 6.07) is 17.5. The molecular formula is C26H20N2O6S. The smallest absolute Gasteiger partial charge is 0.335 e. The predicted octanol–water partition coefficient (Wildman–Crippen LogP) is 4.27. The van der Waals surface area contributed by atoms with Crippen molar-refractivity contribution in [1.29, 1.82) is 0 Å². The highest BCUT2D eigenvalue weighted by Crippen LogP contribution is 2.33. The fourth-order valence-corrected chi connectivity index (χ4v) is 4.89. The van der Waals surface area contributed by atoms with E-state index >= 15 is 0 Å². The minimum Gasteiger partial charge on any atom is -0.478 e. The van der Waals surface area contributed by atoms with Gasteiger partial charge in [0.05, 0.1) is 10.5 Å². The molecule has 8 nitrogen and oxygen atoms in total. The molecule has 1 saturated heterocycles. The molecule has 0 unspecified atom stereocenters. The highest BCUT2D eigenvalue weighted by atomic mass is 32.2. The first-order valence-corrected chi connectivity index (χ1v) is 11.7. The predicted molar refractivity (Wildman–Crippen MR) is 129 cm³/mol. The number of hydrogen-bond acceptors (Lipinski definition) is 6. The van der Waals surface area contributed by atoms with E-state index in [1.54, 1.807) is 29.2 Å². The zero-order valence-corrected chi connectivity index (χ0v) is 19.3. The molecule has 0 atom stereocenters. The molecule has 35 heavy (non-hydrogen) atoms. The molecule has 9 heteroatoms. The number of imide groups is 1. The highest BCUT2D eigenvalue weighted by molar-refractivity contribution is 8.18. The molecule has 1 aromatic heterocycles. The Balaban J connectivity index is 1.26. The number of fused-ring (bicyclic) bond motifs is 1. The van der Waals surface area contributed by atoms with Gasteiger partial charge in [0.15, 0.2) is 0 Å². The van der Waals surface area contributed by atoms with E-state index in [2.05, 4.69) is 0 Å². The van der Waals surface area contributed by atoms with Gasteiger partial charge in [-0.05, 0) is 53.6 Å². The number of amides is 3.